The predicted molar refractivity (Wildman–Crippen MR) is 71.3 cm³/mol. The molecule has 1 amide bonds. The Morgan fingerprint density at radius 2 is 1.80 bits per heavy atom. The van der Waals surface area contributed by atoms with Crippen LogP contribution in [-0.4, -0.2) is 60.4 Å². The third-order valence-electron chi connectivity index (χ3n) is 4.09. The van der Waals surface area contributed by atoms with Crippen LogP contribution in [0, 0.1) is 5.92 Å². The van der Waals surface area contributed by atoms with Crippen LogP contribution in [0.5, 0.6) is 0 Å². The van der Waals surface area contributed by atoms with Crippen molar-refractivity contribution in [3.63, 3.8) is 0 Å². The van der Waals surface area contributed by atoms with Crippen LogP contribution in [0.1, 0.15) is 32.6 Å². The lowest BCUT2D eigenvalue weighted by molar-refractivity contribution is -0.153. The van der Waals surface area contributed by atoms with Crippen LogP contribution < -0.4 is 0 Å². The van der Waals surface area contributed by atoms with E-state index >= 15 is 0 Å². The van der Waals surface area contributed by atoms with E-state index in [2.05, 4.69) is 0 Å². The second-order valence-corrected chi connectivity index (χ2v) is 5.53. The number of ether oxygens (including phenoxy) is 2. The summed E-state index contributed by atoms with van der Waals surface area (Å²) in [7, 11) is 0. The zero-order chi connectivity index (χ0) is 14.5. The molecule has 1 unspecified atom stereocenters. The molecule has 1 saturated heterocycles. The summed E-state index contributed by atoms with van der Waals surface area (Å²) >= 11 is 0. The first-order valence-electron chi connectivity index (χ1n) is 7.32. The molecule has 0 aromatic rings. The number of nitrogens with zero attached hydrogens (tertiary/aromatic N) is 1. The molecule has 2 fully saturated rings. The highest BCUT2D eigenvalue weighted by Crippen LogP contribution is 2.27. The average Bonchev–Trinajstić information content (AvgIpc) is 2.48. The van der Waals surface area contributed by atoms with Gasteiger partial charge in [0, 0.05) is 13.1 Å². The van der Waals surface area contributed by atoms with Gasteiger partial charge in [0.15, 0.2) is 0 Å². The van der Waals surface area contributed by atoms with Crippen molar-refractivity contribution < 1.29 is 24.2 Å². The summed E-state index contributed by atoms with van der Waals surface area (Å²) in [5.41, 5.74) is 0. The minimum atomic E-state index is -0.721. The molecule has 2 aliphatic rings. The van der Waals surface area contributed by atoms with Gasteiger partial charge in [-0.05, 0) is 32.6 Å². The first-order valence-corrected chi connectivity index (χ1v) is 7.32. The topological polar surface area (TPSA) is 76.1 Å². The van der Waals surface area contributed by atoms with Crippen LogP contribution in [0.2, 0.25) is 0 Å². The fourth-order valence-corrected chi connectivity index (χ4v) is 2.83. The summed E-state index contributed by atoms with van der Waals surface area (Å²) in [5.74, 6) is -0.963. The second-order valence-electron chi connectivity index (χ2n) is 5.53. The smallest absolute Gasteiger partial charge is 0.306 e. The van der Waals surface area contributed by atoms with Gasteiger partial charge in [0.2, 0.25) is 0 Å². The van der Waals surface area contributed by atoms with Gasteiger partial charge in [0.05, 0.1) is 25.2 Å². The summed E-state index contributed by atoms with van der Waals surface area (Å²) in [6.45, 7) is 4.20. The molecular weight excluding hydrogens is 262 g/mol. The number of aliphatic carboxylic acids is 1. The van der Waals surface area contributed by atoms with Gasteiger partial charge in [-0.2, -0.15) is 0 Å². The Bertz CT molecular complexity index is 345. The summed E-state index contributed by atoms with van der Waals surface area (Å²) < 4.78 is 11.0. The van der Waals surface area contributed by atoms with Crippen molar-refractivity contribution >= 4 is 11.9 Å². The number of carboxylic acids is 1. The largest absolute Gasteiger partial charge is 0.481 e. The maximum atomic E-state index is 12.2. The highest BCUT2D eigenvalue weighted by Gasteiger charge is 2.30. The summed E-state index contributed by atoms with van der Waals surface area (Å²) in [6, 6.07) is 0. The van der Waals surface area contributed by atoms with Gasteiger partial charge in [-0.15, -0.1) is 0 Å². The molecule has 6 heteroatoms. The molecule has 1 saturated carbocycles. The van der Waals surface area contributed by atoms with Crippen LogP contribution >= 0.6 is 0 Å². The van der Waals surface area contributed by atoms with E-state index in [-0.39, 0.29) is 17.9 Å². The number of rotatable bonds is 4. The van der Waals surface area contributed by atoms with Crippen molar-refractivity contribution in [3.8, 4) is 0 Å². The SMILES string of the molecule is CC(OC1CCC(C(=O)O)CC1)C(=O)N1CCOCC1. The highest BCUT2D eigenvalue weighted by atomic mass is 16.5. The molecular formula is C14H23NO5. The van der Waals surface area contributed by atoms with Crippen molar-refractivity contribution in [2.45, 2.75) is 44.8 Å². The Morgan fingerprint density at radius 3 is 2.35 bits per heavy atom. The van der Waals surface area contributed by atoms with E-state index in [1.54, 1.807) is 11.8 Å². The van der Waals surface area contributed by atoms with E-state index in [0.717, 1.165) is 12.8 Å². The standard InChI is InChI=1S/C14H23NO5/c1-10(13(16)15-6-8-19-9-7-15)20-12-4-2-11(3-5-12)14(17)18/h10-12H,2-9H2,1H3,(H,17,18). The van der Waals surface area contributed by atoms with Gasteiger partial charge < -0.3 is 19.5 Å². The zero-order valence-corrected chi connectivity index (χ0v) is 11.9. The van der Waals surface area contributed by atoms with Crippen molar-refractivity contribution in [2.75, 3.05) is 26.3 Å². The lowest BCUT2D eigenvalue weighted by Gasteiger charge is -2.32. The maximum Gasteiger partial charge on any atom is 0.306 e. The molecule has 2 rings (SSSR count). The van der Waals surface area contributed by atoms with Crippen LogP contribution in [0.25, 0.3) is 0 Å². The van der Waals surface area contributed by atoms with E-state index in [9.17, 15) is 9.59 Å². The lowest BCUT2D eigenvalue weighted by Crippen LogP contribution is -2.46. The summed E-state index contributed by atoms with van der Waals surface area (Å²) in [4.78, 5) is 24.9. The molecule has 1 atom stereocenters. The number of carbonyl (C=O) groups is 2. The summed E-state index contributed by atoms with van der Waals surface area (Å²) in [5, 5.41) is 8.95. The van der Waals surface area contributed by atoms with Crippen LogP contribution in [-0.2, 0) is 19.1 Å². The van der Waals surface area contributed by atoms with Gasteiger partial charge in [-0.25, -0.2) is 0 Å². The number of hydrogen-bond acceptors (Lipinski definition) is 4. The Balaban J connectivity index is 1.75. The molecule has 1 heterocycles. The van der Waals surface area contributed by atoms with Gasteiger partial charge in [0.25, 0.3) is 5.91 Å². The molecule has 1 aliphatic heterocycles. The van der Waals surface area contributed by atoms with Crippen molar-refractivity contribution in [1.29, 1.82) is 0 Å². The molecule has 114 valence electrons. The van der Waals surface area contributed by atoms with Gasteiger partial charge in [-0.3, -0.25) is 9.59 Å². The Kier molecular flexibility index (Phi) is 5.37. The molecule has 0 radical (unpaired) electrons. The normalized spacial score (nSPS) is 28.9. The first-order chi connectivity index (χ1) is 9.58. The number of carboxylic acid groups (broad SMARTS) is 1. The fourth-order valence-electron chi connectivity index (χ4n) is 2.83. The molecule has 1 aliphatic carbocycles. The molecule has 6 nitrogen and oxygen atoms in total. The van der Waals surface area contributed by atoms with Gasteiger partial charge in [-0.1, -0.05) is 0 Å². The van der Waals surface area contributed by atoms with E-state index in [1.165, 1.54) is 0 Å². The van der Waals surface area contributed by atoms with Crippen LogP contribution in [0.4, 0.5) is 0 Å². The third-order valence-corrected chi connectivity index (χ3v) is 4.09. The van der Waals surface area contributed by atoms with Gasteiger partial charge >= 0.3 is 5.97 Å². The average molecular weight is 285 g/mol. The van der Waals surface area contributed by atoms with Crippen molar-refractivity contribution in [1.82, 2.24) is 4.90 Å². The second kappa shape index (κ2) is 7.04. The van der Waals surface area contributed by atoms with E-state index < -0.39 is 12.1 Å². The minimum absolute atomic E-state index is 0.00518. The van der Waals surface area contributed by atoms with Crippen molar-refractivity contribution in [3.05, 3.63) is 0 Å². The monoisotopic (exact) mass is 285 g/mol. The fraction of sp³-hybridized carbons (Fsp3) is 0.857. The van der Waals surface area contributed by atoms with Crippen molar-refractivity contribution in [2.24, 2.45) is 5.92 Å². The molecule has 0 aromatic heterocycles. The molecule has 20 heavy (non-hydrogen) atoms. The number of carbonyl (C=O) groups excluding carboxylic acids is 1. The molecule has 1 N–H and O–H groups in total. The van der Waals surface area contributed by atoms with E-state index in [4.69, 9.17) is 14.6 Å². The van der Waals surface area contributed by atoms with Crippen LogP contribution in [0.3, 0.4) is 0 Å². The molecule has 0 bridgehead atoms. The minimum Gasteiger partial charge on any atom is -0.481 e. The van der Waals surface area contributed by atoms with E-state index in [0.29, 0.717) is 39.1 Å². The summed E-state index contributed by atoms with van der Waals surface area (Å²) in [6.07, 6.45) is 2.26. The Labute approximate surface area is 119 Å². The predicted octanol–water partition coefficient (Wildman–Crippen LogP) is 0.894. The Hall–Kier alpha value is -1.14. The maximum absolute atomic E-state index is 12.2. The molecule has 0 aromatic carbocycles. The van der Waals surface area contributed by atoms with Crippen LogP contribution in [0.15, 0.2) is 0 Å². The first kappa shape index (κ1) is 15.3. The van der Waals surface area contributed by atoms with Gasteiger partial charge in [0.1, 0.15) is 6.10 Å². The van der Waals surface area contributed by atoms with E-state index in [1.807, 2.05) is 0 Å². The quantitative estimate of drug-likeness (QED) is 0.830. The zero-order valence-electron chi connectivity index (χ0n) is 11.9. The highest BCUT2D eigenvalue weighted by molar-refractivity contribution is 5.80. The number of amides is 1. The number of hydrogen-bond donors (Lipinski definition) is 1. The number of morpholine rings is 1. The molecule has 0 spiro atoms. The third kappa shape index (κ3) is 3.93. The lowest BCUT2D eigenvalue weighted by atomic mass is 9.87. The Morgan fingerprint density at radius 1 is 1.20 bits per heavy atom.